The summed E-state index contributed by atoms with van der Waals surface area (Å²) in [7, 11) is 0.638. The van der Waals surface area contributed by atoms with E-state index in [-0.39, 0.29) is 0 Å². The molecule has 0 aromatic heterocycles. The first-order valence-corrected chi connectivity index (χ1v) is 3.92. The van der Waals surface area contributed by atoms with Crippen LogP contribution in [0.15, 0.2) is 0 Å². The van der Waals surface area contributed by atoms with Crippen LogP contribution in [0.2, 0.25) is 0 Å². The second-order valence-electron chi connectivity index (χ2n) is 1.86. The van der Waals surface area contributed by atoms with Crippen molar-refractivity contribution in [1.29, 1.82) is 0 Å². The molecule has 0 bridgehead atoms. The fourth-order valence-corrected chi connectivity index (χ4v) is 0.972. The number of rotatable bonds is 3. The second-order valence-corrected chi connectivity index (χ2v) is 3.18. The SMILES string of the molecule is CCCC(C)PN. The molecular weight excluding hydrogens is 105 g/mol. The molecule has 0 heterocycles. The summed E-state index contributed by atoms with van der Waals surface area (Å²) in [4.78, 5) is 0. The second kappa shape index (κ2) is 4.55. The van der Waals surface area contributed by atoms with E-state index in [4.69, 9.17) is 5.50 Å². The number of hydrogen-bond donors (Lipinski definition) is 1. The van der Waals surface area contributed by atoms with Gasteiger partial charge in [0.15, 0.2) is 0 Å². The van der Waals surface area contributed by atoms with Crippen LogP contribution in [0.1, 0.15) is 26.7 Å². The summed E-state index contributed by atoms with van der Waals surface area (Å²) < 4.78 is 0. The highest BCUT2D eigenvalue weighted by Crippen LogP contribution is 2.13. The highest BCUT2D eigenvalue weighted by molar-refractivity contribution is 7.35. The Balaban J connectivity index is 2.83. The summed E-state index contributed by atoms with van der Waals surface area (Å²) >= 11 is 0. The molecule has 0 spiro atoms. The zero-order valence-corrected chi connectivity index (χ0v) is 6.07. The van der Waals surface area contributed by atoms with Gasteiger partial charge in [-0.1, -0.05) is 29.0 Å². The molecule has 0 aliphatic heterocycles. The zero-order valence-electron chi connectivity index (χ0n) is 5.07. The Hall–Kier alpha value is 0.390. The molecule has 2 heteroatoms. The molecule has 0 fully saturated rings. The van der Waals surface area contributed by atoms with Crippen LogP contribution < -0.4 is 5.50 Å². The van der Waals surface area contributed by atoms with Crippen molar-refractivity contribution in [2.75, 3.05) is 0 Å². The number of hydrogen-bond acceptors (Lipinski definition) is 1. The fraction of sp³-hybridized carbons (Fsp3) is 1.00. The summed E-state index contributed by atoms with van der Waals surface area (Å²) in [6.07, 6.45) is 2.56. The summed E-state index contributed by atoms with van der Waals surface area (Å²) in [5, 5.41) is 0. The van der Waals surface area contributed by atoms with Gasteiger partial charge in [-0.05, 0) is 12.1 Å². The van der Waals surface area contributed by atoms with E-state index in [9.17, 15) is 0 Å². The normalized spacial score (nSPS) is 15.9. The van der Waals surface area contributed by atoms with Crippen molar-refractivity contribution in [2.24, 2.45) is 5.50 Å². The van der Waals surface area contributed by atoms with Crippen LogP contribution in [0.5, 0.6) is 0 Å². The van der Waals surface area contributed by atoms with E-state index in [1.54, 1.807) is 0 Å². The maximum atomic E-state index is 5.39. The van der Waals surface area contributed by atoms with Gasteiger partial charge in [-0.15, -0.1) is 0 Å². The molecule has 0 aliphatic carbocycles. The summed E-state index contributed by atoms with van der Waals surface area (Å²) in [6, 6.07) is 0. The third-order valence-corrected chi connectivity index (χ3v) is 1.86. The van der Waals surface area contributed by atoms with E-state index in [2.05, 4.69) is 13.8 Å². The first-order valence-electron chi connectivity index (χ1n) is 2.77. The molecule has 0 radical (unpaired) electrons. The van der Waals surface area contributed by atoms with Crippen molar-refractivity contribution >= 4 is 8.73 Å². The third-order valence-electron chi connectivity index (χ3n) is 1.01. The van der Waals surface area contributed by atoms with E-state index in [1.807, 2.05) is 0 Å². The molecule has 0 aromatic rings. The lowest BCUT2D eigenvalue weighted by Gasteiger charge is -2.02. The monoisotopic (exact) mass is 119 g/mol. The average Bonchev–Trinajstić information content (AvgIpc) is 1.68. The maximum absolute atomic E-state index is 5.39. The van der Waals surface area contributed by atoms with Gasteiger partial charge < -0.3 is 5.50 Å². The lowest BCUT2D eigenvalue weighted by atomic mass is 10.3. The Morgan fingerprint density at radius 2 is 2.29 bits per heavy atom. The largest absolute Gasteiger partial charge is 0.312 e. The Morgan fingerprint density at radius 3 is 2.43 bits per heavy atom. The van der Waals surface area contributed by atoms with E-state index in [0.29, 0.717) is 8.73 Å². The van der Waals surface area contributed by atoms with Gasteiger partial charge in [0.1, 0.15) is 0 Å². The molecule has 7 heavy (non-hydrogen) atoms. The van der Waals surface area contributed by atoms with Crippen molar-refractivity contribution in [3.63, 3.8) is 0 Å². The van der Waals surface area contributed by atoms with Gasteiger partial charge in [0, 0.05) is 0 Å². The van der Waals surface area contributed by atoms with Crippen molar-refractivity contribution in [2.45, 2.75) is 32.3 Å². The fourth-order valence-electron chi connectivity index (χ4n) is 0.516. The lowest BCUT2D eigenvalue weighted by molar-refractivity contribution is 0.783. The maximum Gasteiger partial charge on any atom is -0.0137 e. The van der Waals surface area contributed by atoms with Crippen molar-refractivity contribution in [3.8, 4) is 0 Å². The van der Waals surface area contributed by atoms with Gasteiger partial charge in [-0.3, -0.25) is 0 Å². The highest BCUT2D eigenvalue weighted by Gasteiger charge is 1.92. The summed E-state index contributed by atoms with van der Waals surface area (Å²) in [5.41, 5.74) is 6.14. The molecule has 2 unspecified atom stereocenters. The van der Waals surface area contributed by atoms with Crippen LogP contribution in [-0.2, 0) is 0 Å². The van der Waals surface area contributed by atoms with Crippen LogP contribution in [0.3, 0.4) is 0 Å². The minimum absolute atomic E-state index is 0.638. The first-order chi connectivity index (χ1) is 3.31. The number of nitrogens with two attached hydrogens (primary N) is 1. The summed E-state index contributed by atoms with van der Waals surface area (Å²) in [5.74, 6) is 0. The van der Waals surface area contributed by atoms with Crippen LogP contribution >= 0.6 is 8.73 Å². The standard InChI is InChI=1S/C5H14NP/c1-3-4-5(2)7-6/h5,7H,3-4,6H2,1-2H3. The molecule has 2 atom stereocenters. The van der Waals surface area contributed by atoms with Crippen molar-refractivity contribution in [1.82, 2.24) is 0 Å². The topological polar surface area (TPSA) is 26.0 Å². The van der Waals surface area contributed by atoms with Crippen LogP contribution in [0.4, 0.5) is 0 Å². The smallest absolute Gasteiger partial charge is 0.0137 e. The Morgan fingerprint density at radius 1 is 1.71 bits per heavy atom. The Kier molecular flexibility index (Phi) is 4.80. The molecule has 0 amide bonds. The summed E-state index contributed by atoms with van der Waals surface area (Å²) in [6.45, 7) is 4.39. The predicted octanol–water partition coefficient (Wildman–Crippen LogP) is 1.73. The van der Waals surface area contributed by atoms with Gasteiger partial charge in [-0.2, -0.15) is 0 Å². The molecule has 0 rings (SSSR count). The molecule has 0 aromatic carbocycles. The van der Waals surface area contributed by atoms with Crippen LogP contribution in [0.25, 0.3) is 0 Å². The van der Waals surface area contributed by atoms with Crippen molar-refractivity contribution < 1.29 is 0 Å². The van der Waals surface area contributed by atoms with E-state index >= 15 is 0 Å². The van der Waals surface area contributed by atoms with Crippen molar-refractivity contribution in [3.05, 3.63) is 0 Å². The van der Waals surface area contributed by atoms with E-state index < -0.39 is 0 Å². The first kappa shape index (κ1) is 7.39. The molecule has 0 saturated heterocycles. The Bertz CT molecular complexity index is 39.1. The minimum atomic E-state index is 0.638. The zero-order chi connectivity index (χ0) is 5.70. The van der Waals surface area contributed by atoms with Crippen LogP contribution in [-0.4, -0.2) is 5.66 Å². The van der Waals surface area contributed by atoms with Gasteiger partial charge in [0.25, 0.3) is 0 Å². The van der Waals surface area contributed by atoms with E-state index in [0.717, 1.165) is 5.66 Å². The quantitative estimate of drug-likeness (QED) is 0.562. The predicted molar refractivity (Wildman–Crippen MR) is 36.9 cm³/mol. The van der Waals surface area contributed by atoms with E-state index in [1.165, 1.54) is 12.8 Å². The molecular formula is C5H14NP. The third kappa shape index (κ3) is 4.24. The van der Waals surface area contributed by atoms with Gasteiger partial charge in [0.05, 0.1) is 0 Å². The average molecular weight is 119 g/mol. The molecule has 2 N–H and O–H groups in total. The van der Waals surface area contributed by atoms with Crippen LogP contribution in [0, 0.1) is 0 Å². The van der Waals surface area contributed by atoms with Gasteiger partial charge >= 0.3 is 0 Å². The lowest BCUT2D eigenvalue weighted by Crippen LogP contribution is -1.94. The molecule has 1 nitrogen and oxygen atoms in total. The van der Waals surface area contributed by atoms with Gasteiger partial charge in [-0.25, -0.2) is 0 Å². The molecule has 0 saturated carbocycles. The Labute approximate surface area is 47.5 Å². The highest BCUT2D eigenvalue weighted by atomic mass is 31.1. The molecule has 44 valence electrons. The van der Waals surface area contributed by atoms with Gasteiger partial charge in [0.2, 0.25) is 0 Å². The molecule has 0 aliphatic rings. The minimum Gasteiger partial charge on any atom is -0.312 e.